The van der Waals surface area contributed by atoms with Gasteiger partial charge in [0.05, 0.1) is 11.2 Å². The maximum absolute atomic E-state index is 12.0. The number of pyridine rings is 1. The zero-order valence-corrected chi connectivity index (χ0v) is 20.5. The van der Waals surface area contributed by atoms with Gasteiger partial charge in [0, 0.05) is 22.1 Å². The third kappa shape index (κ3) is 3.48. The van der Waals surface area contributed by atoms with Gasteiger partial charge in [-0.15, -0.1) is 0 Å². The number of nitrogens with zero attached hydrogens (tertiary/aromatic N) is 1. The number of phenols is 2. The first kappa shape index (κ1) is 22.1. The van der Waals surface area contributed by atoms with Crippen molar-refractivity contribution >= 4 is 32.4 Å². The molecule has 0 spiro atoms. The fourth-order valence-electron chi connectivity index (χ4n) is 5.48. The lowest BCUT2D eigenvalue weighted by atomic mass is 9.89. The van der Waals surface area contributed by atoms with E-state index in [2.05, 4.69) is 18.2 Å². The molecule has 3 nitrogen and oxygen atoms in total. The topological polar surface area (TPSA) is 53.4 Å². The number of rotatable bonds is 3. The highest BCUT2D eigenvalue weighted by Crippen LogP contribution is 2.48. The van der Waals surface area contributed by atoms with Crippen LogP contribution in [-0.2, 0) is 0 Å². The normalized spacial score (nSPS) is 11.4. The molecular formula is C35H23NO2. The summed E-state index contributed by atoms with van der Waals surface area (Å²) in [5, 5.41) is 27.8. The molecule has 3 heteroatoms. The van der Waals surface area contributed by atoms with Crippen LogP contribution in [0.25, 0.3) is 66.0 Å². The van der Waals surface area contributed by atoms with Crippen LogP contribution in [0.5, 0.6) is 11.5 Å². The Kier molecular flexibility index (Phi) is 5.09. The molecule has 1 aromatic heterocycles. The van der Waals surface area contributed by atoms with Gasteiger partial charge < -0.3 is 10.2 Å². The van der Waals surface area contributed by atoms with Gasteiger partial charge >= 0.3 is 0 Å². The third-order valence-corrected chi connectivity index (χ3v) is 7.26. The Hall–Kier alpha value is -5.15. The van der Waals surface area contributed by atoms with Crippen LogP contribution in [-0.4, -0.2) is 15.2 Å². The molecule has 38 heavy (non-hydrogen) atoms. The molecule has 0 saturated carbocycles. The Labute approximate surface area is 219 Å². The van der Waals surface area contributed by atoms with Crippen LogP contribution in [0.15, 0.2) is 127 Å². The molecule has 7 rings (SSSR count). The number of aromatic nitrogens is 1. The van der Waals surface area contributed by atoms with E-state index in [1.54, 1.807) is 6.07 Å². The smallest absolute Gasteiger partial charge is 0.133 e. The lowest BCUT2D eigenvalue weighted by Crippen LogP contribution is -1.93. The second-order valence-electron chi connectivity index (χ2n) is 9.49. The van der Waals surface area contributed by atoms with Crippen molar-refractivity contribution in [1.29, 1.82) is 0 Å². The number of para-hydroxylation sites is 1. The number of benzene rings is 6. The van der Waals surface area contributed by atoms with Crippen LogP contribution in [0.4, 0.5) is 0 Å². The quantitative estimate of drug-likeness (QED) is 0.260. The molecular weight excluding hydrogens is 466 g/mol. The largest absolute Gasteiger partial charge is 0.507 e. The van der Waals surface area contributed by atoms with E-state index in [9.17, 15) is 10.2 Å². The van der Waals surface area contributed by atoms with Gasteiger partial charge in [-0.2, -0.15) is 0 Å². The summed E-state index contributed by atoms with van der Waals surface area (Å²) in [7, 11) is 0. The lowest BCUT2D eigenvalue weighted by molar-refractivity contribution is 0.471. The average Bonchev–Trinajstić information content (AvgIpc) is 2.97. The van der Waals surface area contributed by atoms with Crippen molar-refractivity contribution in [2.45, 2.75) is 0 Å². The van der Waals surface area contributed by atoms with Crippen molar-refractivity contribution in [1.82, 2.24) is 4.98 Å². The summed E-state index contributed by atoms with van der Waals surface area (Å²) in [6, 6.07) is 41.8. The number of hydrogen-bond acceptors (Lipinski definition) is 3. The zero-order valence-electron chi connectivity index (χ0n) is 20.5. The van der Waals surface area contributed by atoms with Crippen LogP contribution < -0.4 is 0 Å². The molecule has 0 atom stereocenters. The fourth-order valence-corrected chi connectivity index (χ4v) is 5.48. The van der Waals surface area contributed by atoms with Crippen molar-refractivity contribution in [3.63, 3.8) is 0 Å². The maximum Gasteiger partial charge on any atom is 0.133 e. The predicted molar refractivity (Wildman–Crippen MR) is 156 cm³/mol. The predicted octanol–water partition coefficient (Wildman–Crippen LogP) is 8.95. The molecule has 0 bridgehead atoms. The SMILES string of the molecule is Oc1ccc2ccccc2c1-c1c(O)c(-c2cc(-c3ccccc3)c3ccccc3n2)cc2ccccc12. The molecule has 0 fully saturated rings. The molecule has 6 aromatic carbocycles. The van der Waals surface area contributed by atoms with E-state index >= 15 is 0 Å². The van der Waals surface area contributed by atoms with Gasteiger partial charge in [-0.05, 0) is 56.9 Å². The molecule has 1 heterocycles. The zero-order chi connectivity index (χ0) is 25.6. The number of phenolic OH excluding ortho intramolecular Hbond substituents is 2. The summed E-state index contributed by atoms with van der Waals surface area (Å²) >= 11 is 0. The van der Waals surface area contributed by atoms with Gasteiger partial charge in [0.25, 0.3) is 0 Å². The molecule has 0 saturated heterocycles. The summed E-state index contributed by atoms with van der Waals surface area (Å²) in [5.74, 6) is 0.217. The Morgan fingerprint density at radius 1 is 0.474 bits per heavy atom. The molecule has 0 aliphatic heterocycles. The van der Waals surface area contributed by atoms with Crippen molar-refractivity contribution in [2.24, 2.45) is 0 Å². The van der Waals surface area contributed by atoms with Gasteiger partial charge in [-0.25, -0.2) is 4.98 Å². The van der Waals surface area contributed by atoms with Crippen molar-refractivity contribution in [2.75, 3.05) is 0 Å². The Morgan fingerprint density at radius 3 is 1.89 bits per heavy atom. The Balaban J connectivity index is 1.59. The highest BCUT2D eigenvalue weighted by Gasteiger charge is 2.21. The molecule has 0 radical (unpaired) electrons. The van der Waals surface area contributed by atoms with Gasteiger partial charge in [0.15, 0.2) is 0 Å². The van der Waals surface area contributed by atoms with Gasteiger partial charge in [-0.3, -0.25) is 0 Å². The molecule has 7 aromatic rings. The van der Waals surface area contributed by atoms with Crippen LogP contribution in [0.2, 0.25) is 0 Å². The summed E-state index contributed by atoms with van der Waals surface area (Å²) in [5.41, 5.74) is 5.49. The second kappa shape index (κ2) is 8.75. The van der Waals surface area contributed by atoms with Gasteiger partial charge in [0.1, 0.15) is 11.5 Å². The second-order valence-corrected chi connectivity index (χ2v) is 9.49. The highest BCUT2D eigenvalue weighted by molar-refractivity contribution is 6.12. The fraction of sp³-hybridized carbons (Fsp3) is 0. The van der Waals surface area contributed by atoms with E-state index in [1.807, 2.05) is 103 Å². The average molecular weight is 490 g/mol. The van der Waals surface area contributed by atoms with E-state index in [0.29, 0.717) is 22.4 Å². The highest BCUT2D eigenvalue weighted by atomic mass is 16.3. The third-order valence-electron chi connectivity index (χ3n) is 7.26. The van der Waals surface area contributed by atoms with Gasteiger partial charge in [0.2, 0.25) is 0 Å². The number of fused-ring (bicyclic) bond motifs is 3. The van der Waals surface area contributed by atoms with Gasteiger partial charge in [-0.1, -0.05) is 103 Å². The minimum Gasteiger partial charge on any atom is -0.507 e. The first-order valence-electron chi connectivity index (χ1n) is 12.6. The summed E-state index contributed by atoms with van der Waals surface area (Å²) in [6.07, 6.45) is 0. The summed E-state index contributed by atoms with van der Waals surface area (Å²) < 4.78 is 0. The monoisotopic (exact) mass is 489 g/mol. The van der Waals surface area contributed by atoms with Crippen LogP contribution >= 0.6 is 0 Å². The minimum atomic E-state index is 0.0946. The van der Waals surface area contributed by atoms with Crippen LogP contribution in [0, 0.1) is 0 Å². The molecule has 2 N–H and O–H groups in total. The maximum atomic E-state index is 12.0. The minimum absolute atomic E-state index is 0.0946. The number of hydrogen-bond donors (Lipinski definition) is 2. The standard InChI is InChI=1S/C35H23NO2/c37-32-19-18-23-12-4-6-14-25(23)33(32)34-26-15-7-5-13-24(26)20-29(35(34)38)31-21-28(22-10-2-1-3-11-22)27-16-8-9-17-30(27)36-31/h1-21,37-38H. The Morgan fingerprint density at radius 2 is 1.11 bits per heavy atom. The van der Waals surface area contributed by atoms with E-state index in [-0.39, 0.29) is 11.5 Å². The van der Waals surface area contributed by atoms with E-state index in [4.69, 9.17) is 4.98 Å². The van der Waals surface area contributed by atoms with E-state index in [1.165, 1.54) is 0 Å². The molecule has 0 amide bonds. The van der Waals surface area contributed by atoms with Crippen molar-refractivity contribution in [3.05, 3.63) is 127 Å². The van der Waals surface area contributed by atoms with Crippen LogP contribution in [0.3, 0.4) is 0 Å². The van der Waals surface area contributed by atoms with E-state index < -0.39 is 0 Å². The van der Waals surface area contributed by atoms with E-state index in [0.717, 1.165) is 43.6 Å². The van der Waals surface area contributed by atoms with Crippen LogP contribution in [0.1, 0.15) is 0 Å². The van der Waals surface area contributed by atoms with Crippen molar-refractivity contribution in [3.8, 4) is 45.0 Å². The Bertz CT molecular complexity index is 1990. The van der Waals surface area contributed by atoms with Crippen molar-refractivity contribution < 1.29 is 10.2 Å². The summed E-state index contributed by atoms with van der Waals surface area (Å²) in [6.45, 7) is 0. The molecule has 180 valence electrons. The molecule has 0 aliphatic rings. The number of aromatic hydroxyl groups is 2. The first-order chi connectivity index (χ1) is 18.7. The lowest BCUT2D eigenvalue weighted by Gasteiger charge is -2.18. The summed E-state index contributed by atoms with van der Waals surface area (Å²) in [4.78, 5) is 5.00. The molecule has 0 aliphatic carbocycles. The molecule has 0 unspecified atom stereocenters. The first-order valence-corrected chi connectivity index (χ1v) is 12.6.